The Morgan fingerprint density at radius 1 is 1.29 bits per heavy atom. The third-order valence-corrected chi connectivity index (χ3v) is 3.14. The number of nitrogens with zero attached hydrogens (tertiary/aromatic N) is 1. The summed E-state index contributed by atoms with van der Waals surface area (Å²) < 4.78 is 41.2. The van der Waals surface area contributed by atoms with Gasteiger partial charge in [-0.1, -0.05) is 30.3 Å². The van der Waals surface area contributed by atoms with Crippen molar-refractivity contribution in [3.63, 3.8) is 0 Å². The number of amides is 2. The van der Waals surface area contributed by atoms with Gasteiger partial charge in [-0.2, -0.15) is 13.2 Å². The molecule has 114 valence electrons. The molecule has 1 aliphatic rings. The largest absolute Gasteiger partial charge is 0.439 e. The summed E-state index contributed by atoms with van der Waals surface area (Å²) in [7, 11) is 0. The molecule has 1 aromatic carbocycles. The van der Waals surface area contributed by atoms with Crippen LogP contribution in [0, 0.1) is 0 Å². The molecule has 1 unspecified atom stereocenters. The number of imide groups is 1. The number of alkyl halides is 3. The molecule has 0 aromatic heterocycles. The molecule has 21 heavy (non-hydrogen) atoms. The first-order valence-corrected chi connectivity index (χ1v) is 6.49. The van der Waals surface area contributed by atoms with Gasteiger partial charge in [-0.05, 0) is 12.0 Å². The number of carbonyl (C=O) groups is 2. The average Bonchev–Trinajstić information content (AvgIpc) is 2.80. The minimum absolute atomic E-state index is 0.0354. The zero-order valence-corrected chi connectivity index (χ0v) is 11.1. The number of halogens is 3. The van der Waals surface area contributed by atoms with Crippen LogP contribution in [0.5, 0.6) is 0 Å². The number of benzene rings is 1. The van der Waals surface area contributed by atoms with E-state index in [0.29, 0.717) is 0 Å². The van der Waals surface area contributed by atoms with E-state index in [4.69, 9.17) is 4.74 Å². The summed E-state index contributed by atoms with van der Waals surface area (Å²) in [5.41, 5.74) is 0.747. The predicted octanol–water partition coefficient (Wildman–Crippen LogP) is 3.44. The SMILES string of the molecule is O=C(CCCC(F)(F)F)N1CC(c2ccccc2)OC1=O. The van der Waals surface area contributed by atoms with Crippen LogP contribution in [0.3, 0.4) is 0 Å². The maximum atomic E-state index is 12.0. The summed E-state index contributed by atoms with van der Waals surface area (Å²) in [5, 5.41) is 0. The van der Waals surface area contributed by atoms with E-state index in [2.05, 4.69) is 0 Å². The average molecular weight is 301 g/mol. The molecule has 1 atom stereocenters. The van der Waals surface area contributed by atoms with E-state index in [1.807, 2.05) is 0 Å². The Morgan fingerprint density at radius 2 is 1.95 bits per heavy atom. The lowest BCUT2D eigenvalue weighted by Crippen LogP contribution is -2.31. The first kappa shape index (κ1) is 15.3. The maximum absolute atomic E-state index is 12.0. The molecule has 0 bridgehead atoms. The van der Waals surface area contributed by atoms with Crippen molar-refractivity contribution in [2.45, 2.75) is 31.5 Å². The van der Waals surface area contributed by atoms with Gasteiger partial charge in [0.05, 0.1) is 6.54 Å². The second-order valence-electron chi connectivity index (χ2n) is 4.76. The summed E-state index contributed by atoms with van der Waals surface area (Å²) in [6.45, 7) is 0.0354. The highest BCUT2D eigenvalue weighted by atomic mass is 19.4. The first-order chi connectivity index (χ1) is 9.87. The van der Waals surface area contributed by atoms with Gasteiger partial charge in [0.15, 0.2) is 0 Å². The Bertz CT molecular complexity index is 516. The maximum Gasteiger partial charge on any atom is 0.417 e. The molecule has 0 saturated carbocycles. The fraction of sp³-hybridized carbons (Fsp3) is 0.429. The van der Waals surface area contributed by atoms with E-state index >= 15 is 0 Å². The monoisotopic (exact) mass is 301 g/mol. The van der Waals surface area contributed by atoms with E-state index in [1.165, 1.54) is 0 Å². The summed E-state index contributed by atoms with van der Waals surface area (Å²) in [4.78, 5) is 24.3. The molecule has 1 saturated heterocycles. The number of ether oxygens (including phenoxy) is 1. The smallest absolute Gasteiger partial charge is 0.417 e. The molecule has 1 fully saturated rings. The van der Waals surface area contributed by atoms with Crippen LogP contribution in [0.1, 0.15) is 30.9 Å². The van der Waals surface area contributed by atoms with Gasteiger partial charge < -0.3 is 4.74 Å². The Hall–Kier alpha value is -2.05. The van der Waals surface area contributed by atoms with E-state index in [9.17, 15) is 22.8 Å². The predicted molar refractivity (Wildman–Crippen MR) is 67.3 cm³/mol. The molecule has 2 rings (SSSR count). The van der Waals surface area contributed by atoms with Crippen molar-refractivity contribution in [3.05, 3.63) is 35.9 Å². The molecule has 1 heterocycles. The molecule has 1 aliphatic heterocycles. The quantitative estimate of drug-likeness (QED) is 0.856. The molecule has 0 N–H and O–H groups in total. The van der Waals surface area contributed by atoms with E-state index in [1.54, 1.807) is 30.3 Å². The van der Waals surface area contributed by atoms with Crippen molar-refractivity contribution in [3.8, 4) is 0 Å². The number of carbonyl (C=O) groups excluding carboxylic acids is 2. The van der Waals surface area contributed by atoms with Crippen LogP contribution >= 0.6 is 0 Å². The van der Waals surface area contributed by atoms with Crippen molar-refractivity contribution in [1.82, 2.24) is 4.90 Å². The zero-order chi connectivity index (χ0) is 15.5. The molecular formula is C14H14F3NO3. The number of hydrogen-bond donors (Lipinski definition) is 0. The van der Waals surface area contributed by atoms with Gasteiger partial charge in [0.2, 0.25) is 5.91 Å². The van der Waals surface area contributed by atoms with E-state index in [0.717, 1.165) is 10.5 Å². The van der Waals surface area contributed by atoms with Crippen molar-refractivity contribution < 1.29 is 27.5 Å². The van der Waals surface area contributed by atoms with Gasteiger partial charge in [-0.3, -0.25) is 4.79 Å². The van der Waals surface area contributed by atoms with Gasteiger partial charge in [-0.15, -0.1) is 0 Å². The first-order valence-electron chi connectivity index (χ1n) is 6.49. The lowest BCUT2D eigenvalue weighted by molar-refractivity contribution is -0.138. The second-order valence-corrected chi connectivity index (χ2v) is 4.76. The Kier molecular flexibility index (Phi) is 4.50. The second kappa shape index (κ2) is 6.15. The van der Waals surface area contributed by atoms with Gasteiger partial charge in [0.25, 0.3) is 0 Å². The zero-order valence-electron chi connectivity index (χ0n) is 11.1. The van der Waals surface area contributed by atoms with E-state index in [-0.39, 0.29) is 19.4 Å². The van der Waals surface area contributed by atoms with Crippen LogP contribution in [0.15, 0.2) is 30.3 Å². The Balaban J connectivity index is 1.89. The minimum atomic E-state index is -4.29. The molecule has 2 amide bonds. The number of rotatable bonds is 4. The fourth-order valence-electron chi connectivity index (χ4n) is 2.08. The summed E-state index contributed by atoms with van der Waals surface area (Å²) >= 11 is 0. The summed E-state index contributed by atoms with van der Waals surface area (Å²) in [6.07, 6.45) is -7.36. The van der Waals surface area contributed by atoms with E-state index < -0.39 is 30.7 Å². The highest BCUT2D eigenvalue weighted by Crippen LogP contribution is 2.27. The molecule has 0 spiro atoms. The van der Waals surface area contributed by atoms with Crippen LogP contribution in [0.4, 0.5) is 18.0 Å². The summed E-state index contributed by atoms with van der Waals surface area (Å²) in [5.74, 6) is -0.636. The molecule has 0 radical (unpaired) electrons. The standard InChI is InChI=1S/C14H14F3NO3/c15-14(16,17)8-4-7-12(19)18-9-11(21-13(18)20)10-5-2-1-3-6-10/h1-3,5-6,11H,4,7-9H2. The molecule has 7 heteroatoms. The topological polar surface area (TPSA) is 46.6 Å². The molecule has 0 aliphatic carbocycles. The molecule has 4 nitrogen and oxygen atoms in total. The van der Waals surface area contributed by atoms with Crippen molar-refractivity contribution in [1.29, 1.82) is 0 Å². The third kappa shape index (κ3) is 4.21. The van der Waals surface area contributed by atoms with Gasteiger partial charge in [0, 0.05) is 12.8 Å². The highest BCUT2D eigenvalue weighted by molar-refractivity contribution is 5.93. The van der Waals surface area contributed by atoms with Crippen LogP contribution < -0.4 is 0 Å². The molecule has 1 aromatic rings. The third-order valence-electron chi connectivity index (χ3n) is 3.14. The van der Waals surface area contributed by atoms with Crippen molar-refractivity contribution >= 4 is 12.0 Å². The summed E-state index contributed by atoms with van der Waals surface area (Å²) in [6, 6.07) is 8.87. The van der Waals surface area contributed by atoms with Gasteiger partial charge >= 0.3 is 12.3 Å². The Morgan fingerprint density at radius 3 is 2.57 bits per heavy atom. The van der Waals surface area contributed by atoms with Crippen LogP contribution in [-0.2, 0) is 9.53 Å². The number of cyclic esters (lactones) is 1. The van der Waals surface area contributed by atoms with Crippen LogP contribution in [0.2, 0.25) is 0 Å². The normalized spacial score (nSPS) is 18.7. The van der Waals surface area contributed by atoms with Crippen LogP contribution in [0.25, 0.3) is 0 Å². The fourth-order valence-corrected chi connectivity index (χ4v) is 2.08. The van der Waals surface area contributed by atoms with Crippen molar-refractivity contribution in [2.24, 2.45) is 0 Å². The Labute approximate surface area is 119 Å². The lowest BCUT2D eigenvalue weighted by atomic mass is 10.1. The van der Waals surface area contributed by atoms with Gasteiger partial charge in [0.1, 0.15) is 6.10 Å². The van der Waals surface area contributed by atoms with Crippen LogP contribution in [-0.4, -0.2) is 29.6 Å². The van der Waals surface area contributed by atoms with Crippen molar-refractivity contribution in [2.75, 3.05) is 6.54 Å². The van der Waals surface area contributed by atoms with Gasteiger partial charge in [-0.25, -0.2) is 9.69 Å². The number of hydrogen-bond acceptors (Lipinski definition) is 3. The minimum Gasteiger partial charge on any atom is -0.439 e. The lowest BCUT2D eigenvalue weighted by Gasteiger charge is -2.11. The molecular weight excluding hydrogens is 287 g/mol. The highest BCUT2D eigenvalue weighted by Gasteiger charge is 2.36.